The predicted molar refractivity (Wildman–Crippen MR) is 76.9 cm³/mol. The van der Waals surface area contributed by atoms with Gasteiger partial charge in [0.05, 0.1) is 0 Å². The molecule has 0 aliphatic carbocycles. The highest BCUT2D eigenvalue weighted by Gasteiger charge is 2.33. The summed E-state index contributed by atoms with van der Waals surface area (Å²) in [5.41, 5.74) is 1.32. The van der Waals surface area contributed by atoms with Crippen LogP contribution in [-0.4, -0.2) is 12.3 Å². The number of benzene rings is 1. The van der Waals surface area contributed by atoms with E-state index in [2.05, 4.69) is 32.9 Å². The van der Waals surface area contributed by atoms with Crippen LogP contribution < -0.4 is 4.52 Å². The third kappa shape index (κ3) is 3.17. The van der Waals surface area contributed by atoms with E-state index in [1.165, 1.54) is 5.56 Å². The zero-order valence-corrected chi connectivity index (χ0v) is 12.5. The van der Waals surface area contributed by atoms with Crippen LogP contribution in [0.25, 0.3) is 0 Å². The van der Waals surface area contributed by atoms with Crippen LogP contribution in [0.15, 0.2) is 24.3 Å². The van der Waals surface area contributed by atoms with Crippen molar-refractivity contribution in [2.24, 2.45) is 5.92 Å². The molecule has 0 spiro atoms. The van der Waals surface area contributed by atoms with Crippen LogP contribution in [0.1, 0.15) is 45.1 Å². The van der Waals surface area contributed by atoms with Crippen molar-refractivity contribution in [1.82, 2.24) is 0 Å². The lowest BCUT2D eigenvalue weighted by molar-refractivity contribution is 0.486. The van der Waals surface area contributed by atoms with Crippen LogP contribution in [0, 0.1) is 5.92 Å². The summed E-state index contributed by atoms with van der Waals surface area (Å²) in [7, 11) is -2.39. The second kappa shape index (κ2) is 5.48. The zero-order chi connectivity index (χ0) is 13.2. The van der Waals surface area contributed by atoms with Crippen molar-refractivity contribution in [1.29, 1.82) is 0 Å². The molecular weight excluding hydrogens is 243 g/mol. The Morgan fingerprint density at radius 1 is 1.39 bits per heavy atom. The standard InChI is InChI=1S/C15H23O2P/c1-4-13(3)14-5-7-15(8-6-14)17-18(16)10-9-12(2)11-18/h5-8,12-13H,4,9-11H2,1-3H3. The molecule has 3 heteroatoms. The minimum atomic E-state index is -2.39. The van der Waals surface area contributed by atoms with Gasteiger partial charge in [-0.05, 0) is 42.4 Å². The summed E-state index contributed by atoms with van der Waals surface area (Å²) in [6, 6.07) is 8.11. The molecule has 0 saturated carbocycles. The molecule has 1 aliphatic heterocycles. The average molecular weight is 266 g/mol. The van der Waals surface area contributed by atoms with Gasteiger partial charge in [-0.3, -0.25) is 4.57 Å². The van der Waals surface area contributed by atoms with Crippen LogP contribution in [-0.2, 0) is 4.57 Å². The molecular formula is C15H23O2P. The topological polar surface area (TPSA) is 26.3 Å². The van der Waals surface area contributed by atoms with Gasteiger partial charge in [-0.1, -0.05) is 32.9 Å². The molecule has 3 unspecified atom stereocenters. The predicted octanol–water partition coefficient (Wildman–Crippen LogP) is 4.90. The third-order valence-electron chi connectivity index (χ3n) is 3.89. The summed E-state index contributed by atoms with van der Waals surface area (Å²) in [6.45, 7) is 6.55. The van der Waals surface area contributed by atoms with E-state index in [0.717, 1.165) is 30.9 Å². The lowest BCUT2D eigenvalue weighted by Crippen LogP contribution is -1.97. The molecule has 1 heterocycles. The van der Waals surface area contributed by atoms with Crippen molar-refractivity contribution in [3.63, 3.8) is 0 Å². The van der Waals surface area contributed by atoms with E-state index in [1.54, 1.807) is 0 Å². The Kier molecular flexibility index (Phi) is 4.17. The smallest absolute Gasteiger partial charge is 0.248 e. The van der Waals surface area contributed by atoms with Gasteiger partial charge in [0.1, 0.15) is 5.75 Å². The van der Waals surface area contributed by atoms with Crippen LogP contribution in [0.5, 0.6) is 5.75 Å². The molecule has 2 nitrogen and oxygen atoms in total. The molecule has 1 fully saturated rings. The second-order valence-corrected chi connectivity index (χ2v) is 8.21. The lowest BCUT2D eigenvalue weighted by atomic mass is 9.99. The highest BCUT2D eigenvalue weighted by atomic mass is 31.2. The molecule has 100 valence electrons. The van der Waals surface area contributed by atoms with Crippen molar-refractivity contribution in [3.05, 3.63) is 29.8 Å². The molecule has 0 radical (unpaired) electrons. The van der Waals surface area contributed by atoms with Crippen LogP contribution >= 0.6 is 7.37 Å². The fraction of sp³-hybridized carbons (Fsp3) is 0.600. The quantitative estimate of drug-likeness (QED) is 0.725. The van der Waals surface area contributed by atoms with Gasteiger partial charge in [-0.2, -0.15) is 0 Å². The normalized spacial score (nSPS) is 29.2. The van der Waals surface area contributed by atoms with Gasteiger partial charge in [0.15, 0.2) is 0 Å². The third-order valence-corrected chi connectivity index (χ3v) is 6.55. The highest BCUT2D eigenvalue weighted by molar-refractivity contribution is 7.59. The second-order valence-electron chi connectivity index (χ2n) is 5.58. The van der Waals surface area contributed by atoms with Crippen molar-refractivity contribution in [2.75, 3.05) is 12.3 Å². The Labute approximate surface area is 110 Å². The summed E-state index contributed by atoms with van der Waals surface area (Å²) in [5.74, 6) is 1.87. The first-order chi connectivity index (χ1) is 8.52. The molecule has 1 saturated heterocycles. The van der Waals surface area contributed by atoms with Crippen molar-refractivity contribution in [2.45, 2.75) is 39.5 Å². The Balaban J connectivity index is 2.05. The maximum absolute atomic E-state index is 12.4. The zero-order valence-electron chi connectivity index (χ0n) is 11.6. The molecule has 0 N–H and O–H groups in total. The van der Waals surface area contributed by atoms with Crippen LogP contribution in [0.2, 0.25) is 0 Å². The van der Waals surface area contributed by atoms with Gasteiger partial charge in [0, 0.05) is 12.3 Å². The van der Waals surface area contributed by atoms with Crippen molar-refractivity contribution < 1.29 is 9.09 Å². The van der Waals surface area contributed by atoms with Crippen molar-refractivity contribution in [3.8, 4) is 5.75 Å². The summed E-state index contributed by atoms with van der Waals surface area (Å²) in [6.07, 6.45) is 3.64. The monoisotopic (exact) mass is 266 g/mol. The van der Waals surface area contributed by atoms with E-state index in [9.17, 15) is 4.57 Å². The summed E-state index contributed by atoms with van der Waals surface area (Å²) >= 11 is 0. The highest BCUT2D eigenvalue weighted by Crippen LogP contribution is 2.54. The molecule has 0 amide bonds. The molecule has 0 aromatic heterocycles. The summed E-state index contributed by atoms with van der Waals surface area (Å²) in [4.78, 5) is 0. The van der Waals surface area contributed by atoms with Gasteiger partial charge in [-0.15, -0.1) is 0 Å². The van der Waals surface area contributed by atoms with E-state index >= 15 is 0 Å². The Bertz CT molecular complexity index is 438. The van der Waals surface area contributed by atoms with E-state index in [0.29, 0.717) is 11.8 Å². The first-order valence-corrected chi connectivity index (χ1v) is 8.89. The van der Waals surface area contributed by atoms with Crippen molar-refractivity contribution >= 4 is 7.37 Å². The van der Waals surface area contributed by atoms with Gasteiger partial charge in [0.25, 0.3) is 0 Å². The molecule has 18 heavy (non-hydrogen) atoms. The van der Waals surface area contributed by atoms with Gasteiger partial charge >= 0.3 is 0 Å². The number of rotatable bonds is 4. The largest absolute Gasteiger partial charge is 0.443 e. The minimum Gasteiger partial charge on any atom is -0.443 e. The number of hydrogen-bond donors (Lipinski definition) is 0. The Morgan fingerprint density at radius 2 is 2.06 bits per heavy atom. The Hall–Kier alpha value is -0.750. The first kappa shape index (κ1) is 13.7. The number of hydrogen-bond acceptors (Lipinski definition) is 2. The van der Waals surface area contributed by atoms with E-state index in [4.69, 9.17) is 4.52 Å². The van der Waals surface area contributed by atoms with E-state index < -0.39 is 7.37 Å². The maximum atomic E-state index is 12.4. The average Bonchev–Trinajstić information content (AvgIpc) is 2.69. The SMILES string of the molecule is CCC(C)c1ccc(OP2(=O)CCC(C)C2)cc1. The van der Waals surface area contributed by atoms with E-state index in [-0.39, 0.29) is 0 Å². The molecule has 0 bridgehead atoms. The molecule has 3 atom stereocenters. The molecule has 2 rings (SSSR count). The maximum Gasteiger partial charge on any atom is 0.248 e. The first-order valence-electron chi connectivity index (χ1n) is 6.90. The summed E-state index contributed by atoms with van der Waals surface area (Å²) in [5, 5.41) is 0. The van der Waals surface area contributed by atoms with Gasteiger partial charge < -0.3 is 4.52 Å². The fourth-order valence-electron chi connectivity index (χ4n) is 2.44. The molecule has 1 aromatic rings. The van der Waals surface area contributed by atoms with Gasteiger partial charge in [0.2, 0.25) is 7.37 Å². The minimum absolute atomic E-state index is 0.537. The summed E-state index contributed by atoms with van der Waals surface area (Å²) < 4.78 is 18.2. The van der Waals surface area contributed by atoms with E-state index in [1.807, 2.05) is 12.1 Å². The molecule has 1 aromatic carbocycles. The Morgan fingerprint density at radius 3 is 2.56 bits per heavy atom. The lowest BCUT2D eigenvalue weighted by Gasteiger charge is -2.15. The fourth-order valence-corrected chi connectivity index (χ4v) is 5.26. The van der Waals surface area contributed by atoms with Crippen LogP contribution in [0.4, 0.5) is 0 Å². The van der Waals surface area contributed by atoms with Gasteiger partial charge in [-0.25, -0.2) is 0 Å². The molecule has 1 aliphatic rings. The van der Waals surface area contributed by atoms with Crippen LogP contribution in [0.3, 0.4) is 0 Å².